The maximum atomic E-state index is 10.4. The largest absolute Gasteiger partial charge is 0.481 e. The van der Waals surface area contributed by atoms with Gasteiger partial charge in [0.1, 0.15) is 5.60 Å². The topological polar surface area (TPSA) is 85.5 Å². The van der Waals surface area contributed by atoms with Gasteiger partial charge in [-0.15, -0.1) is 0 Å². The van der Waals surface area contributed by atoms with Crippen molar-refractivity contribution in [2.45, 2.75) is 50.5 Å². The van der Waals surface area contributed by atoms with E-state index < -0.39 is 5.97 Å². The fraction of sp³-hybridized carbons (Fsp3) is 0.750. The van der Waals surface area contributed by atoms with Crippen molar-refractivity contribution in [2.75, 3.05) is 7.11 Å². The van der Waals surface area contributed by atoms with Gasteiger partial charge in [0, 0.05) is 20.0 Å². The highest BCUT2D eigenvalue weighted by Crippen LogP contribution is 2.42. The predicted octanol–water partition coefficient (Wildman–Crippen LogP) is 1.89. The van der Waals surface area contributed by atoms with E-state index in [1.165, 1.54) is 0 Å². The molecule has 1 fully saturated rings. The Morgan fingerprint density at radius 1 is 1.50 bits per heavy atom. The zero-order valence-electron chi connectivity index (χ0n) is 10.5. The van der Waals surface area contributed by atoms with Gasteiger partial charge in [-0.05, 0) is 32.1 Å². The normalized spacial score (nSPS) is 17.4. The summed E-state index contributed by atoms with van der Waals surface area (Å²) >= 11 is 0. The Bertz CT molecular complexity index is 406. The highest BCUT2D eigenvalue weighted by Gasteiger charge is 2.43. The van der Waals surface area contributed by atoms with Gasteiger partial charge < -0.3 is 14.4 Å². The van der Waals surface area contributed by atoms with E-state index in [2.05, 4.69) is 10.1 Å². The van der Waals surface area contributed by atoms with Crippen LogP contribution in [0.3, 0.4) is 0 Å². The first kappa shape index (κ1) is 13.0. The highest BCUT2D eigenvalue weighted by atomic mass is 16.5. The van der Waals surface area contributed by atoms with Crippen molar-refractivity contribution in [2.24, 2.45) is 0 Å². The van der Waals surface area contributed by atoms with Gasteiger partial charge in [-0.3, -0.25) is 4.79 Å². The maximum Gasteiger partial charge on any atom is 0.303 e. The van der Waals surface area contributed by atoms with E-state index in [1.807, 2.05) is 0 Å². The molecular weight excluding hydrogens is 236 g/mol. The van der Waals surface area contributed by atoms with Crippen molar-refractivity contribution in [3.63, 3.8) is 0 Å². The summed E-state index contributed by atoms with van der Waals surface area (Å²) in [7, 11) is 1.67. The van der Waals surface area contributed by atoms with E-state index in [4.69, 9.17) is 14.4 Å². The summed E-state index contributed by atoms with van der Waals surface area (Å²) in [6.07, 6.45) is 5.17. The van der Waals surface area contributed by atoms with Gasteiger partial charge in [0.2, 0.25) is 11.7 Å². The lowest BCUT2D eigenvalue weighted by Gasteiger charge is -2.37. The van der Waals surface area contributed by atoms with E-state index >= 15 is 0 Å². The molecule has 100 valence electrons. The minimum atomic E-state index is -0.769. The molecule has 2 rings (SSSR count). The molecule has 6 nitrogen and oxygen atoms in total. The number of hydrogen-bond donors (Lipinski definition) is 1. The zero-order chi connectivity index (χ0) is 13.0. The molecule has 0 spiro atoms. The molecule has 0 bridgehead atoms. The SMILES string of the molecule is COC1(c2noc(CCCCC(=O)O)n2)CCC1. The molecule has 0 atom stereocenters. The lowest BCUT2D eigenvalue weighted by molar-refractivity contribution is -0.137. The van der Waals surface area contributed by atoms with Gasteiger partial charge in [-0.2, -0.15) is 4.98 Å². The van der Waals surface area contributed by atoms with E-state index in [1.54, 1.807) is 7.11 Å². The number of aryl methyl sites for hydroxylation is 1. The van der Waals surface area contributed by atoms with Crippen LogP contribution in [0.1, 0.15) is 50.2 Å². The van der Waals surface area contributed by atoms with Gasteiger partial charge in [0.25, 0.3) is 0 Å². The zero-order valence-corrected chi connectivity index (χ0v) is 10.5. The van der Waals surface area contributed by atoms with Crippen LogP contribution in [0.25, 0.3) is 0 Å². The first-order chi connectivity index (χ1) is 8.66. The minimum absolute atomic E-state index is 0.184. The van der Waals surface area contributed by atoms with Crippen molar-refractivity contribution in [3.8, 4) is 0 Å². The lowest BCUT2D eigenvalue weighted by Crippen LogP contribution is -2.37. The van der Waals surface area contributed by atoms with Gasteiger partial charge in [0.05, 0.1) is 0 Å². The van der Waals surface area contributed by atoms with Crippen LogP contribution in [0.15, 0.2) is 4.52 Å². The second-order valence-corrected chi connectivity index (χ2v) is 4.66. The van der Waals surface area contributed by atoms with Crippen molar-refractivity contribution >= 4 is 5.97 Å². The first-order valence-corrected chi connectivity index (χ1v) is 6.26. The molecule has 1 aromatic rings. The van der Waals surface area contributed by atoms with Crippen molar-refractivity contribution in [1.29, 1.82) is 0 Å². The van der Waals surface area contributed by atoms with Gasteiger partial charge in [-0.1, -0.05) is 5.16 Å². The van der Waals surface area contributed by atoms with Crippen LogP contribution in [0.2, 0.25) is 0 Å². The third kappa shape index (κ3) is 2.69. The third-order valence-corrected chi connectivity index (χ3v) is 3.46. The number of carboxylic acid groups (broad SMARTS) is 1. The fourth-order valence-electron chi connectivity index (χ4n) is 2.11. The number of hydrogen-bond acceptors (Lipinski definition) is 5. The van der Waals surface area contributed by atoms with Crippen LogP contribution >= 0.6 is 0 Å². The molecule has 0 saturated heterocycles. The second-order valence-electron chi connectivity index (χ2n) is 4.66. The monoisotopic (exact) mass is 254 g/mol. The lowest BCUT2D eigenvalue weighted by atomic mass is 9.79. The summed E-state index contributed by atoms with van der Waals surface area (Å²) in [4.78, 5) is 14.7. The van der Waals surface area contributed by atoms with Crippen molar-refractivity contribution in [3.05, 3.63) is 11.7 Å². The van der Waals surface area contributed by atoms with Crippen LogP contribution < -0.4 is 0 Å². The summed E-state index contributed by atoms with van der Waals surface area (Å²) in [6.45, 7) is 0. The molecule has 1 aliphatic rings. The summed E-state index contributed by atoms with van der Waals surface area (Å²) in [5.74, 6) is 0.428. The summed E-state index contributed by atoms with van der Waals surface area (Å²) < 4.78 is 10.6. The van der Waals surface area contributed by atoms with Gasteiger partial charge in [0.15, 0.2) is 0 Å². The van der Waals surface area contributed by atoms with E-state index in [-0.39, 0.29) is 12.0 Å². The number of nitrogens with zero attached hydrogens (tertiary/aromatic N) is 2. The van der Waals surface area contributed by atoms with Crippen LogP contribution in [0.5, 0.6) is 0 Å². The van der Waals surface area contributed by atoms with Crippen LogP contribution in [-0.2, 0) is 21.6 Å². The standard InChI is InChI=1S/C12H18N2O4/c1-17-12(7-4-8-12)11-13-9(18-14-11)5-2-3-6-10(15)16/h2-8H2,1H3,(H,15,16). The quantitative estimate of drug-likeness (QED) is 0.748. The summed E-state index contributed by atoms with van der Waals surface area (Å²) in [5.41, 5.74) is -0.344. The fourth-order valence-corrected chi connectivity index (χ4v) is 2.11. The molecule has 1 N–H and O–H groups in total. The Kier molecular flexibility index (Phi) is 3.96. The molecule has 0 aliphatic heterocycles. The maximum absolute atomic E-state index is 10.4. The Morgan fingerprint density at radius 2 is 2.28 bits per heavy atom. The third-order valence-electron chi connectivity index (χ3n) is 3.46. The molecular formula is C12H18N2O4. The molecule has 1 aromatic heterocycles. The minimum Gasteiger partial charge on any atom is -0.481 e. The van der Waals surface area contributed by atoms with Crippen LogP contribution in [0, 0.1) is 0 Å². The molecule has 0 radical (unpaired) electrons. The number of rotatable bonds is 7. The van der Waals surface area contributed by atoms with E-state index in [0.29, 0.717) is 24.6 Å². The molecule has 0 amide bonds. The number of aromatic nitrogens is 2. The Hall–Kier alpha value is -1.43. The molecule has 1 saturated carbocycles. The molecule has 0 unspecified atom stereocenters. The Morgan fingerprint density at radius 3 is 2.83 bits per heavy atom. The van der Waals surface area contributed by atoms with Gasteiger partial charge in [-0.25, -0.2) is 0 Å². The molecule has 6 heteroatoms. The van der Waals surface area contributed by atoms with Gasteiger partial charge >= 0.3 is 5.97 Å². The predicted molar refractivity (Wildman–Crippen MR) is 62.0 cm³/mol. The van der Waals surface area contributed by atoms with Crippen molar-refractivity contribution < 1.29 is 19.2 Å². The summed E-state index contributed by atoms with van der Waals surface area (Å²) in [5, 5.41) is 12.5. The molecule has 1 aliphatic carbocycles. The first-order valence-electron chi connectivity index (χ1n) is 6.26. The average molecular weight is 254 g/mol. The van der Waals surface area contributed by atoms with Crippen LogP contribution in [-0.4, -0.2) is 28.3 Å². The summed E-state index contributed by atoms with van der Waals surface area (Å²) in [6, 6.07) is 0. The second kappa shape index (κ2) is 5.48. The van der Waals surface area contributed by atoms with E-state index in [9.17, 15) is 4.79 Å². The number of carbonyl (C=O) groups is 1. The molecule has 18 heavy (non-hydrogen) atoms. The molecule has 1 heterocycles. The van der Waals surface area contributed by atoms with Crippen LogP contribution in [0.4, 0.5) is 0 Å². The van der Waals surface area contributed by atoms with E-state index in [0.717, 1.165) is 25.7 Å². The Labute approximate surface area is 105 Å². The number of unbranched alkanes of at least 4 members (excludes halogenated alkanes) is 1. The van der Waals surface area contributed by atoms with Crippen molar-refractivity contribution in [1.82, 2.24) is 10.1 Å². The number of aliphatic carboxylic acids is 1. The Balaban J connectivity index is 1.84. The highest BCUT2D eigenvalue weighted by molar-refractivity contribution is 5.66. The number of carboxylic acids is 1. The smallest absolute Gasteiger partial charge is 0.303 e. The average Bonchev–Trinajstić information content (AvgIpc) is 2.73. The number of ether oxygens (including phenoxy) is 1. The molecule has 0 aromatic carbocycles. The number of methoxy groups -OCH3 is 1.